The van der Waals surface area contributed by atoms with Crippen molar-refractivity contribution in [2.24, 2.45) is 0 Å². The molecular formula is C22H41F6N2O2PSn. The van der Waals surface area contributed by atoms with Gasteiger partial charge in [-0.2, -0.15) is 0 Å². The monoisotopic (exact) mass is 630 g/mol. The van der Waals surface area contributed by atoms with Crippen molar-refractivity contribution in [3.05, 3.63) is 39.9 Å². The zero-order chi connectivity index (χ0) is 26.7. The molecule has 1 aromatic rings. The molecule has 0 radical (unpaired) electrons. The molecule has 4 nitrogen and oxygen atoms in total. The van der Waals surface area contributed by atoms with Gasteiger partial charge in [-0.05, 0) is 0 Å². The molecule has 0 bridgehead atoms. The Hall–Kier alpha value is -0.611. The number of hydrogen-bond donors (Lipinski definition) is 0. The summed E-state index contributed by atoms with van der Waals surface area (Å²) in [5.74, 6) is 0. The van der Waals surface area contributed by atoms with Gasteiger partial charge in [0.05, 0.1) is 0 Å². The molecule has 202 valence electrons. The molecule has 0 fully saturated rings. The van der Waals surface area contributed by atoms with Gasteiger partial charge in [-0.25, -0.2) is 0 Å². The van der Waals surface area contributed by atoms with Crippen LogP contribution in [0.15, 0.2) is 24.3 Å². The number of benzene rings is 1. The van der Waals surface area contributed by atoms with Crippen LogP contribution in [-0.4, -0.2) is 46.4 Å². The maximum absolute atomic E-state index is 10.9. The molecule has 12 heteroatoms. The summed E-state index contributed by atoms with van der Waals surface area (Å²) in [5, 5.41) is 10.9. The van der Waals surface area contributed by atoms with Crippen molar-refractivity contribution in [2.45, 2.75) is 79.2 Å². The third-order valence-corrected chi connectivity index (χ3v) is 22.2. The molecule has 0 unspecified atom stereocenters. The topological polar surface area (TPSA) is 43.1 Å². The van der Waals surface area contributed by atoms with Crippen LogP contribution in [0.5, 0.6) is 0 Å². The van der Waals surface area contributed by atoms with Gasteiger partial charge in [0.2, 0.25) is 0 Å². The van der Waals surface area contributed by atoms with Crippen LogP contribution in [0, 0.1) is 10.1 Å². The molecule has 0 spiro atoms. The van der Waals surface area contributed by atoms with E-state index in [4.69, 9.17) is 0 Å². The first-order valence-electron chi connectivity index (χ1n) is 11.8. The van der Waals surface area contributed by atoms with Crippen LogP contribution >= 0.6 is 7.81 Å². The van der Waals surface area contributed by atoms with E-state index in [1.807, 2.05) is 12.1 Å². The number of non-ortho nitro benzene ring substituents is 1. The summed E-state index contributed by atoms with van der Waals surface area (Å²) in [6.45, 7) is 7.95. The second-order valence-electron chi connectivity index (χ2n) is 9.94. The molecule has 0 aliphatic carbocycles. The molecule has 0 aromatic heterocycles. The second-order valence-corrected chi connectivity index (χ2v) is 25.6. The van der Waals surface area contributed by atoms with Crippen LogP contribution in [0.1, 0.15) is 64.9 Å². The average molecular weight is 629 g/mol. The van der Waals surface area contributed by atoms with Crippen LogP contribution < -0.4 is 0 Å². The van der Waals surface area contributed by atoms with Crippen LogP contribution in [0.4, 0.5) is 30.9 Å². The standard InChI is InChI=1S/C10H14N2O2.3C4H9.F6P.Sn/c1-12(2,3)8-9-4-6-10(7-5-9)11(13)14;3*1-3-4-2;1-7(2,3,4,5)6;/h4-7H,1,8H2,2-3H3;3*1,3-4H2,2H3;;/q+1;;;;-1;. The summed E-state index contributed by atoms with van der Waals surface area (Å²) in [5.41, 5.74) is 1.40. The fraction of sp³-hybridized carbons (Fsp3) is 0.727. The molecule has 0 atom stereocenters. The first kappa shape index (κ1) is 33.4. The minimum absolute atomic E-state index is 0.186. The molecule has 0 aliphatic heterocycles. The van der Waals surface area contributed by atoms with E-state index in [0.717, 1.165) is 11.0 Å². The van der Waals surface area contributed by atoms with E-state index in [-0.39, 0.29) is 10.6 Å². The van der Waals surface area contributed by atoms with Crippen molar-refractivity contribution in [3.63, 3.8) is 0 Å². The fourth-order valence-corrected chi connectivity index (χ4v) is 22.9. The van der Waals surface area contributed by atoms with E-state index < -0.39 is 26.2 Å². The summed E-state index contributed by atoms with van der Waals surface area (Å²) < 4.78 is 66.2. The zero-order valence-corrected chi connectivity index (χ0v) is 24.8. The van der Waals surface area contributed by atoms with Crippen LogP contribution in [0.25, 0.3) is 0 Å². The minimum atomic E-state index is -10.7. The van der Waals surface area contributed by atoms with Gasteiger partial charge in [-0.1, -0.05) is 0 Å². The number of quaternary nitrogens is 1. The van der Waals surface area contributed by atoms with Gasteiger partial charge in [-0.3, -0.25) is 0 Å². The van der Waals surface area contributed by atoms with Gasteiger partial charge in [0.25, 0.3) is 0 Å². The molecule has 0 saturated carbocycles. The summed E-state index contributed by atoms with van der Waals surface area (Å²) in [6, 6.07) is 7.19. The van der Waals surface area contributed by atoms with E-state index >= 15 is 0 Å². The number of hydrogen-bond acceptors (Lipinski definition) is 2. The average Bonchev–Trinajstić information content (AvgIpc) is 2.66. The Labute approximate surface area is 203 Å². The van der Waals surface area contributed by atoms with Gasteiger partial charge in [0.15, 0.2) is 0 Å². The summed E-state index contributed by atoms with van der Waals surface area (Å²) in [7, 11) is -5.91. The Morgan fingerprint density at radius 1 is 0.824 bits per heavy atom. The van der Waals surface area contributed by atoms with Gasteiger partial charge < -0.3 is 0 Å². The van der Waals surface area contributed by atoms with Gasteiger partial charge >= 0.3 is 204 Å². The number of nitro groups is 1. The Kier molecular flexibility index (Phi) is 12.3. The van der Waals surface area contributed by atoms with E-state index in [9.17, 15) is 35.3 Å². The molecule has 0 heterocycles. The number of unbranched alkanes of at least 4 members (excludes halogenated alkanes) is 3. The van der Waals surface area contributed by atoms with Crippen LogP contribution in [-0.2, 0) is 6.54 Å². The molecule has 1 aromatic carbocycles. The van der Waals surface area contributed by atoms with Crippen molar-refractivity contribution < 1.29 is 34.6 Å². The van der Waals surface area contributed by atoms with E-state index in [1.165, 1.54) is 62.0 Å². The second kappa shape index (κ2) is 12.6. The van der Waals surface area contributed by atoms with Crippen LogP contribution in [0.2, 0.25) is 13.3 Å². The Bertz CT molecular complexity index is 726. The van der Waals surface area contributed by atoms with Crippen molar-refractivity contribution in [1.82, 2.24) is 0 Å². The molecule has 0 amide bonds. The number of rotatable bonds is 14. The third kappa shape index (κ3) is 18.7. The molecule has 34 heavy (non-hydrogen) atoms. The normalized spacial score (nSPS) is 14.6. The van der Waals surface area contributed by atoms with E-state index in [1.54, 1.807) is 12.1 Å². The van der Waals surface area contributed by atoms with E-state index in [2.05, 4.69) is 34.9 Å². The Balaban J connectivity index is 0.00000135. The summed E-state index contributed by atoms with van der Waals surface area (Å²) in [6.07, 6.45) is 8.15. The number of nitro benzene ring substituents is 1. The summed E-state index contributed by atoms with van der Waals surface area (Å²) >= 11 is -2.20. The van der Waals surface area contributed by atoms with Crippen molar-refractivity contribution in [1.29, 1.82) is 0 Å². The van der Waals surface area contributed by atoms with Crippen LogP contribution in [0.3, 0.4) is 0 Å². The van der Waals surface area contributed by atoms with Gasteiger partial charge in [-0.15, -0.1) is 0 Å². The SMILES string of the molecule is CCC[CH2][Sn]([CH2]CCC)([CH2]CCC)[CH2][N+](C)(C)Cc1ccc([N+](=O)[O-])cc1.F[P-](F)(F)(F)(F)F. The zero-order valence-electron chi connectivity index (χ0n) is 21.0. The maximum atomic E-state index is 10.9. The Morgan fingerprint density at radius 3 is 1.47 bits per heavy atom. The Morgan fingerprint density at radius 2 is 1.18 bits per heavy atom. The molecule has 0 aliphatic rings. The van der Waals surface area contributed by atoms with Gasteiger partial charge in [0.1, 0.15) is 0 Å². The van der Waals surface area contributed by atoms with Crippen molar-refractivity contribution in [2.75, 3.05) is 18.7 Å². The predicted octanol–water partition coefficient (Wildman–Crippen LogP) is 9.94. The number of nitrogens with zero attached hydrogens (tertiary/aromatic N) is 2. The van der Waals surface area contributed by atoms with E-state index in [0.29, 0.717) is 0 Å². The van der Waals surface area contributed by atoms with Crippen molar-refractivity contribution >= 4 is 31.9 Å². The first-order valence-corrected chi connectivity index (χ1v) is 21.9. The molecular weight excluding hydrogens is 588 g/mol. The molecule has 0 N–H and O–H groups in total. The fourth-order valence-electron chi connectivity index (χ4n) is 4.45. The number of halogens is 6. The molecule has 0 saturated heterocycles. The summed E-state index contributed by atoms with van der Waals surface area (Å²) in [4.78, 5) is 10.6. The quantitative estimate of drug-likeness (QED) is 0.0514. The molecule has 1 rings (SSSR count). The van der Waals surface area contributed by atoms with Gasteiger partial charge in [0, 0.05) is 0 Å². The predicted molar refractivity (Wildman–Crippen MR) is 132 cm³/mol. The first-order chi connectivity index (χ1) is 15.2. The third-order valence-electron chi connectivity index (χ3n) is 5.70. The van der Waals surface area contributed by atoms with Crippen molar-refractivity contribution in [3.8, 4) is 0 Å².